The SMILES string of the molecule is COc1cccc(NC(=O)C2CCc3nc(N4CCN(C(C)=O)CC4)sc3C2)c1. The molecule has 2 aliphatic rings. The Kier molecular flexibility index (Phi) is 5.71. The summed E-state index contributed by atoms with van der Waals surface area (Å²) in [6, 6.07) is 7.43. The van der Waals surface area contributed by atoms with E-state index in [1.54, 1.807) is 25.4 Å². The number of nitrogens with zero attached hydrogens (tertiary/aromatic N) is 3. The first-order chi connectivity index (χ1) is 14.0. The summed E-state index contributed by atoms with van der Waals surface area (Å²) in [4.78, 5) is 34.5. The van der Waals surface area contributed by atoms with Crippen LogP contribution >= 0.6 is 11.3 Å². The van der Waals surface area contributed by atoms with Gasteiger partial charge in [0.1, 0.15) is 5.75 Å². The molecule has 0 saturated carbocycles. The molecule has 1 unspecified atom stereocenters. The lowest BCUT2D eigenvalue weighted by atomic mass is 9.90. The van der Waals surface area contributed by atoms with Gasteiger partial charge in [0.2, 0.25) is 11.8 Å². The van der Waals surface area contributed by atoms with Crippen molar-refractivity contribution in [2.75, 3.05) is 43.5 Å². The molecule has 2 heterocycles. The average Bonchev–Trinajstić information content (AvgIpc) is 3.17. The highest BCUT2D eigenvalue weighted by molar-refractivity contribution is 7.15. The van der Waals surface area contributed by atoms with Crippen molar-refractivity contribution in [3.05, 3.63) is 34.8 Å². The van der Waals surface area contributed by atoms with Gasteiger partial charge in [0.15, 0.2) is 5.13 Å². The summed E-state index contributed by atoms with van der Waals surface area (Å²) in [6.45, 7) is 4.72. The molecule has 4 rings (SSSR count). The van der Waals surface area contributed by atoms with Crippen LogP contribution in [0.2, 0.25) is 0 Å². The number of hydrogen-bond donors (Lipinski definition) is 1. The lowest BCUT2D eigenvalue weighted by molar-refractivity contribution is -0.129. The molecule has 0 radical (unpaired) electrons. The summed E-state index contributed by atoms with van der Waals surface area (Å²) < 4.78 is 5.22. The molecule has 154 valence electrons. The molecular weight excluding hydrogens is 388 g/mol. The Morgan fingerprint density at radius 2 is 2.03 bits per heavy atom. The third kappa shape index (κ3) is 4.37. The quantitative estimate of drug-likeness (QED) is 0.832. The van der Waals surface area contributed by atoms with Gasteiger partial charge in [0, 0.05) is 55.7 Å². The second kappa shape index (κ2) is 8.41. The second-order valence-corrected chi connectivity index (χ2v) is 8.58. The van der Waals surface area contributed by atoms with Gasteiger partial charge >= 0.3 is 0 Å². The van der Waals surface area contributed by atoms with Gasteiger partial charge in [-0.1, -0.05) is 6.07 Å². The van der Waals surface area contributed by atoms with E-state index in [-0.39, 0.29) is 17.7 Å². The van der Waals surface area contributed by atoms with Crippen molar-refractivity contribution in [1.82, 2.24) is 9.88 Å². The molecule has 1 N–H and O–H groups in total. The Hall–Kier alpha value is -2.61. The highest BCUT2D eigenvalue weighted by Gasteiger charge is 2.29. The van der Waals surface area contributed by atoms with E-state index in [0.29, 0.717) is 0 Å². The summed E-state index contributed by atoms with van der Waals surface area (Å²) in [7, 11) is 1.62. The molecule has 8 heteroatoms. The normalized spacial score (nSPS) is 18.9. The number of anilines is 2. The summed E-state index contributed by atoms with van der Waals surface area (Å²) in [5.41, 5.74) is 1.89. The smallest absolute Gasteiger partial charge is 0.227 e. The Morgan fingerprint density at radius 3 is 2.76 bits per heavy atom. The predicted molar refractivity (Wildman–Crippen MR) is 114 cm³/mol. The fraction of sp³-hybridized carbons (Fsp3) is 0.476. The number of fused-ring (bicyclic) bond motifs is 1. The van der Waals surface area contributed by atoms with Crippen LogP contribution in [-0.4, -0.2) is 55.0 Å². The maximum atomic E-state index is 12.8. The molecule has 1 fully saturated rings. The zero-order chi connectivity index (χ0) is 20.4. The molecule has 0 bridgehead atoms. The number of piperazine rings is 1. The minimum Gasteiger partial charge on any atom is -0.497 e. The van der Waals surface area contributed by atoms with Crippen LogP contribution in [0.15, 0.2) is 24.3 Å². The van der Waals surface area contributed by atoms with Crippen LogP contribution in [-0.2, 0) is 22.4 Å². The van der Waals surface area contributed by atoms with E-state index in [1.807, 2.05) is 29.2 Å². The topological polar surface area (TPSA) is 74.8 Å². The second-order valence-electron chi connectivity index (χ2n) is 7.52. The fourth-order valence-corrected chi connectivity index (χ4v) is 5.12. The van der Waals surface area contributed by atoms with Gasteiger partial charge in [0.05, 0.1) is 12.8 Å². The minimum atomic E-state index is -0.0449. The van der Waals surface area contributed by atoms with E-state index in [0.717, 1.165) is 67.7 Å². The lowest BCUT2D eigenvalue weighted by Gasteiger charge is -2.33. The molecule has 7 nitrogen and oxygen atoms in total. The molecule has 2 aromatic rings. The van der Waals surface area contributed by atoms with Gasteiger partial charge < -0.3 is 19.9 Å². The number of aryl methyl sites for hydroxylation is 1. The molecule has 1 aliphatic heterocycles. The summed E-state index contributed by atoms with van der Waals surface area (Å²) in [5.74, 6) is 0.865. The zero-order valence-electron chi connectivity index (χ0n) is 16.8. The van der Waals surface area contributed by atoms with Crippen LogP contribution in [0.4, 0.5) is 10.8 Å². The summed E-state index contributed by atoms with van der Waals surface area (Å²) >= 11 is 1.70. The van der Waals surface area contributed by atoms with Crippen LogP contribution < -0.4 is 15.0 Å². The van der Waals surface area contributed by atoms with Crippen LogP contribution in [0.3, 0.4) is 0 Å². The van der Waals surface area contributed by atoms with Gasteiger partial charge in [-0.25, -0.2) is 4.98 Å². The van der Waals surface area contributed by atoms with Crippen LogP contribution in [0.5, 0.6) is 5.75 Å². The van der Waals surface area contributed by atoms with Crippen molar-refractivity contribution >= 4 is 34.0 Å². The van der Waals surface area contributed by atoms with E-state index in [2.05, 4.69) is 10.2 Å². The number of ether oxygens (including phenoxy) is 1. The van der Waals surface area contributed by atoms with Gasteiger partial charge in [-0.05, 0) is 31.4 Å². The Morgan fingerprint density at radius 1 is 1.24 bits per heavy atom. The molecule has 29 heavy (non-hydrogen) atoms. The van der Waals surface area contributed by atoms with E-state index in [4.69, 9.17) is 9.72 Å². The number of aromatic nitrogens is 1. The van der Waals surface area contributed by atoms with Crippen LogP contribution in [0, 0.1) is 5.92 Å². The minimum absolute atomic E-state index is 0.0449. The van der Waals surface area contributed by atoms with Gasteiger partial charge in [0.25, 0.3) is 0 Å². The monoisotopic (exact) mass is 414 g/mol. The Balaban J connectivity index is 1.38. The number of hydrogen-bond acceptors (Lipinski definition) is 6. The molecule has 1 saturated heterocycles. The number of carbonyl (C=O) groups excluding carboxylic acids is 2. The molecule has 1 aromatic carbocycles. The number of benzene rings is 1. The molecular formula is C21H26N4O3S. The van der Waals surface area contributed by atoms with Gasteiger partial charge in [-0.2, -0.15) is 0 Å². The number of nitrogens with one attached hydrogen (secondary N) is 1. The summed E-state index contributed by atoms with van der Waals surface area (Å²) in [5, 5.41) is 4.04. The molecule has 1 aliphatic carbocycles. The van der Waals surface area contributed by atoms with Crippen molar-refractivity contribution in [3.63, 3.8) is 0 Å². The van der Waals surface area contributed by atoms with Crippen molar-refractivity contribution in [2.24, 2.45) is 5.92 Å². The number of carbonyl (C=O) groups is 2. The van der Waals surface area contributed by atoms with Crippen LogP contribution in [0.25, 0.3) is 0 Å². The third-order valence-corrected chi connectivity index (χ3v) is 6.81. The van der Waals surface area contributed by atoms with E-state index >= 15 is 0 Å². The molecule has 2 amide bonds. The maximum absolute atomic E-state index is 12.8. The fourth-order valence-electron chi connectivity index (χ4n) is 3.88. The van der Waals surface area contributed by atoms with Crippen molar-refractivity contribution in [1.29, 1.82) is 0 Å². The average molecular weight is 415 g/mol. The largest absolute Gasteiger partial charge is 0.497 e. The van der Waals surface area contributed by atoms with Crippen molar-refractivity contribution in [3.8, 4) is 5.75 Å². The lowest BCUT2D eigenvalue weighted by Crippen LogP contribution is -2.48. The molecule has 1 aromatic heterocycles. The number of methoxy groups -OCH3 is 1. The van der Waals surface area contributed by atoms with Gasteiger partial charge in [-0.3, -0.25) is 9.59 Å². The van der Waals surface area contributed by atoms with Crippen molar-refractivity contribution < 1.29 is 14.3 Å². The third-order valence-electron chi connectivity index (χ3n) is 5.63. The Bertz CT molecular complexity index is 905. The van der Waals surface area contributed by atoms with E-state index in [1.165, 1.54) is 4.88 Å². The summed E-state index contributed by atoms with van der Waals surface area (Å²) in [6.07, 6.45) is 2.37. The number of thiazole rings is 1. The highest BCUT2D eigenvalue weighted by Crippen LogP contribution is 2.35. The number of amides is 2. The van der Waals surface area contributed by atoms with E-state index in [9.17, 15) is 9.59 Å². The zero-order valence-corrected chi connectivity index (χ0v) is 17.6. The Labute approximate surface area is 174 Å². The van der Waals surface area contributed by atoms with Crippen LogP contribution in [0.1, 0.15) is 23.9 Å². The predicted octanol–water partition coefficient (Wildman–Crippen LogP) is 2.56. The van der Waals surface area contributed by atoms with E-state index < -0.39 is 0 Å². The van der Waals surface area contributed by atoms with Gasteiger partial charge in [-0.15, -0.1) is 11.3 Å². The first-order valence-corrected chi connectivity index (χ1v) is 10.8. The molecule has 0 spiro atoms. The maximum Gasteiger partial charge on any atom is 0.227 e. The highest BCUT2D eigenvalue weighted by atomic mass is 32.1. The number of rotatable bonds is 4. The standard InChI is InChI=1S/C21H26N4O3S/c1-14(26)24-8-10-25(11-9-24)21-23-18-7-6-15(12-19(18)29-21)20(27)22-16-4-3-5-17(13-16)28-2/h3-5,13,15H,6-12H2,1-2H3,(H,22,27). The first kappa shape index (κ1) is 19.7. The van der Waals surface area contributed by atoms with Crippen molar-refractivity contribution in [2.45, 2.75) is 26.2 Å². The molecule has 1 atom stereocenters. The first-order valence-electron chi connectivity index (χ1n) is 9.97.